The van der Waals surface area contributed by atoms with Gasteiger partial charge in [0.1, 0.15) is 5.69 Å². The predicted molar refractivity (Wildman–Crippen MR) is 85.6 cm³/mol. The van der Waals surface area contributed by atoms with Crippen LogP contribution in [0.15, 0.2) is 17.1 Å². The van der Waals surface area contributed by atoms with E-state index < -0.39 is 0 Å². The summed E-state index contributed by atoms with van der Waals surface area (Å²) < 4.78 is 4.92. The summed E-state index contributed by atoms with van der Waals surface area (Å²) >= 11 is 0. The Morgan fingerprint density at radius 3 is 2.91 bits per heavy atom. The van der Waals surface area contributed by atoms with Gasteiger partial charge >= 0.3 is 0 Å². The summed E-state index contributed by atoms with van der Waals surface area (Å²) in [6, 6.07) is 1.29. The number of aromatic nitrogens is 1. The molecule has 1 aliphatic carbocycles. The largest absolute Gasteiger partial charge is 0.491 e. The molecule has 0 spiro atoms. The van der Waals surface area contributed by atoms with E-state index in [4.69, 9.17) is 4.74 Å². The molecule has 1 aromatic rings. The van der Waals surface area contributed by atoms with Gasteiger partial charge in [0.15, 0.2) is 5.75 Å². The van der Waals surface area contributed by atoms with Crippen molar-refractivity contribution >= 4 is 5.91 Å². The number of nitrogens with zero attached hydrogens (tertiary/aromatic N) is 1. The molecular weight excluding hydrogens is 296 g/mol. The van der Waals surface area contributed by atoms with E-state index in [9.17, 15) is 14.7 Å². The van der Waals surface area contributed by atoms with Gasteiger partial charge in [0.05, 0.1) is 13.7 Å². The topological polar surface area (TPSA) is 82.6 Å². The molecule has 1 saturated carbocycles. The minimum absolute atomic E-state index is 0.117. The molecule has 23 heavy (non-hydrogen) atoms. The first-order chi connectivity index (χ1) is 11.1. The molecule has 6 nitrogen and oxygen atoms in total. The lowest BCUT2D eigenvalue weighted by Crippen LogP contribution is -2.48. The second kappa shape index (κ2) is 6.35. The van der Waals surface area contributed by atoms with E-state index in [0.29, 0.717) is 19.0 Å². The molecule has 1 saturated heterocycles. The molecule has 3 rings (SSSR count). The summed E-state index contributed by atoms with van der Waals surface area (Å²) in [5.74, 6) is 0.717. The highest BCUT2D eigenvalue weighted by Gasteiger charge is 2.41. The Kier molecular flexibility index (Phi) is 4.43. The number of nitrogens with one attached hydrogen (secondary N) is 1. The fourth-order valence-corrected chi connectivity index (χ4v) is 3.59. The number of rotatable bonds is 5. The summed E-state index contributed by atoms with van der Waals surface area (Å²) in [6.45, 7) is 1.35. The molecule has 2 fully saturated rings. The number of H-pyrrole nitrogens is 1. The van der Waals surface area contributed by atoms with Crippen molar-refractivity contribution in [3.05, 3.63) is 28.2 Å². The maximum absolute atomic E-state index is 12.7. The standard InChI is InChI=1S/C17H24N2O4/c1-23-15-9-18-13(7-14(15)21)16(22)19-6-2-5-17(10-19,11-20)8-12-3-4-12/h7,9,12,20H,2-6,8,10-11H2,1H3,(H,18,21)/t17-/m0/s1. The summed E-state index contributed by atoms with van der Waals surface area (Å²) in [5, 5.41) is 9.89. The minimum atomic E-state index is -0.307. The SMILES string of the molecule is COc1c[nH]c(C(=O)N2CCC[C@](CO)(CC3CC3)C2)cc1=O. The van der Waals surface area contributed by atoms with Crippen molar-refractivity contribution in [2.75, 3.05) is 26.8 Å². The normalized spacial score (nSPS) is 24.5. The first-order valence-electron chi connectivity index (χ1n) is 8.24. The Balaban J connectivity index is 1.76. The Morgan fingerprint density at radius 2 is 2.30 bits per heavy atom. The second-order valence-corrected chi connectivity index (χ2v) is 6.92. The van der Waals surface area contributed by atoms with Crippen molar-refractivity contribution < 1.29 is 14.6 Å². The van der Waals surface area contributed by atoms with E-state index in [1.165, 1.54) is 32.2 Å². The van der Waals surface area contributed by atoms with Crippen molar-refractivity contribution in [3.8, 4) is 5.75 Å². The lowest BCUT2D eigenvalue weighted by molar-refractivity contribution is 0.0193. The second-order valence-electron chi connectivity index (χ2n) is 6.92. The molecule has 0 aromatic carbocycles. The van der Waals surface area contributed by atoms with Crippen LogP contribution in [0.2, 0.25) is 0 Å². The Morgan fingerprint density at radius 1 is 1.52 bits per heavy atom. The summed E-state index contributed by atoms with van der Waals surface area (Å²) in [6.07, 6.45) is 6.74. The van der Waals surface area contributed by atoms with E-state index in [1.54, 1.807) is 4.90 Å². The lowest BCUT2D eigenvalue weighted by atomic mass is 9.76. The molecule has 126 valence electrons. The summed E-state index contributed by atoms with van der Waals surface area (Å²) in [7, 11) is 1.42. The third-order valence-corrected chi connectivity index (χ3v) is 5.03. The number of aromatic amines is 1. The van der Waals surface area contributed by atoms with Crippen LogP contribution in [0.4, 0.5) is 0 Å². The average molecular weight is 320 g/mol. The number of likely N-dealkylation sites (tertiary alicyclic amines) is 1. The maximum Gasteiger partial charge on any atom is 0.270 e. The summed E-state index contributed by atoms with van der Waals surface area (Å²) in [5.41, 5.74) is -0.212. The monoisotopic (exact) mass is 320 g/mol. The number of piperidine rings is 1. The van der Waals surface area contributed by atoms with E-state index in [-0.39, 0.29) is 34.8 Å². The van der Waals surface area contributed by atoms with Crippen LogP contribution in [-0.4, -0.2) is 47.7 Å². The molecule has 2 heterocycles. The van der Waals surface area contributed by atoms with Gasteiger partial charge in [0, 0.05) is 30.8 Å². The molecule has 6 heteroatoms. The maximum atomic E-state index is 12.7. The van der Waals surface area contributed by atoms with Crippen molar-refractivity contribution in [1.82, 2.24) is 9.88 Å². The van der Waals surface area contributed by atoms with Gasteiger partial charge in [-0.2, -0.15) is 0 Å². The number of amides is 1. The number of carbonyl (C=O) groups is 1. The van der Waals surface area contributed by atoms with Crippen molar-refractivity contribution in [1.29, 1.82) is 0 Å². The van der Waals surface area contributed by atoms with E-state index in [1.807, 2.05) is 0 Å². The van der Waals surface area contributed by atoms with Gasteiger partial charge in [-0.1, -0.05) is 12.8 Å². The van der Waals surface area contributed by atoms with Crippen molar-refractivity contribution in [3.63, 3.8) is 0 Å². The molecule has 1 aliphatic heterocycles. The van der Waals surface area contributed by atoms with Gasteiger partial charge in [0.2, 0.25) is 5.43 Å². The zero-order valence-corrected chi connectivity index (χ0v) is 13.5. The van der Waals surface area contributed by atoms with Crippen LogP contribution in [-0.2, 0) is 0 Å². The van der Waals surface area contributed by atoms with E-state index in [0.717, 1.165) is 19.3 Å². The molecular formula is C17H24N2O4. The smallest absolute Gasteiger partial charge is 0.270 e. The Hall–Kier alpha value is -1.82. The molecule has 1 aromatic heterocycles. The van der Waals surface area contributed by atoms with Gasteiger partial charge in [-0.15, -0.1) is 0 Å². The Labute approximate surface area is 135 Å². The van der Waals surface area contributed by atoms with Crippen molar-refractivity contribution in [2.24, 2.45) is 11.3 Å². The predicted octanol–water partition coefficient (Wildman–Crippen LogP) is 1.40. The third-order valence-electron chi connectivity index (χ3n) is 5.03. The number of methoxy groups -OCH3 is 1. The fraction of sp³-hybridized carbons (Fsp3) is 0.647. The zero-order valence-electron chi connectivity index (χ0n) is 13.5. The third kappa shape index (κ3) is 3.42. The van der Waals surface area contributed by atoms with Gasteiger partial charge < -0.3 is 19.7 Å². The first-order valence-corrected chi connectivity index (χ1v) is 8.24. The van der Waals surface area contributed by atoms with Gasteiger partial charge in [-0.25, -0.2) is 0 Å². The van der Waals surface area contributed by atoms with Gasteiger partial charge in [-0.3, -0.25) is 9.59 Å². The highest BCUT2D eigenvalue weighted by Crippen LogP contribution is 2.44. The number of ether oxygens (including phenoxy) is 1. The molecule has 0 unspecified atom stereocenters. The fourth-order valence-electron chi connectivity index (χ4n) is 3.59. The van der Waals surface area contributed by atoms with Gasteiger partial charge in [0.25, 0.3) is 5.91 Å². The molecule has 1 atom stereocenters. The zero-order chi connectivity index (χ0) is 16.4. The first kappa shape index (κ1) is 16.1. The van der Waals surface area contributed by atoms with Crippen LogP contribution in [0.5, 0.6) is 5.75 Å². The number of hydrogen-bond donors (Lipinski definition) is 2. The summed E-state index contributed by atoms with van der Waals surface area (Å²) in [4.78, 5) is 29.1. The average Bonchev–Trinajstić information content (AvgIpc) is 3.38. The van der Waals surface area contributed by atoms with Crippen LogP contribution >= 0.6 is 0 Å². The highest BCUT2D eigenvalue weighted by atomic mass is 16.5. The highest BCUT2D eigenvalue weighted by molar-refractivity contribution is 5.92. The van der Waals surface area contributed by atoms with E-state index >= 15 is 0 Å². The quantitative estimate of drug-likeness (QED) is 0.859. The molecule has 2 N–H and O–H groups in total. The molecule has 0 bridgehead atoms. The lowest BCUT2D eigenvalue weighted by Gasteiger charge is -2.42. The van der Waals surface area contributed by atoms with Crippen LogP contribution in [0.1, 0.15) is 42.6 Å². The van der Waals surface area contributed by atoms with E-state index in [2.05, 4.69) is 4.98 Å². The number of carbonyl (C=O) groups excluding carboxylic acids is 1. The molecule has 2 aliphatic rings. The number of pyridine rings is 1. The minimum Gasteiger partial charge on any atom is -0.491 e. The number of hydrogen-bond acceptors (Lipinski definition) is 4. The molecule has 0 radical (unpaired) electrons. The van der Waals surface area contributed by atoms with Crippen LogP contribution in [0, 0.1) is 11.3 Å². The number of aliphatic hydroxyl groups excluding tert-OH is 1. The number of aliphatic hydroxyl groups is 1. The Bertz CT molecular complexity index is 638. The van der Waals surface area contributed by atoms with Gasteiger partial charge in [-0.05, 0) is 25.2 Å². The van der Waals surface area contributed by atoms with Crippen molar-refractivity contribution in [2.45, 2.75) is 32.1 Å². The van der Waals surface area contributed by atoms with Crippen LogP contribution in [0.3, 0.4) is 0 Å². The molecule has 1 amide bonds. The van der Waals surface area contributed by atoms with Crippen LogP contribution in [0.25, 0.3) is 0 Å². The van der Waals surface area contributed by atoms with Crippen LogP contribution < -0.4 is 10.2 Å².